The number of amides is 4. The van der Waals surface area contributed by atoms with Gasteiger partial charge in [-0.1, -0.05) is 0 Å². The first-order valence-corrected chi connectivity index (χ1v) is 21.8. The van der Waals surface area contributed by atoms with Crippen LogP contribution in [0.1, 0.15) is 98.3 Å². The number of benzene rings is 2. The molecule has 5 aliphatic heterocycles. The monoisotopic (exact) mass is 817 g/mol. The first kappa shape index (κ1) is 38.7. The number of carbonyl (C=O) groups is 4. The number of piperidine rings is 4. The number of aromatic amines is 1. The molecule has 4 saturated heterocycles. The number of anilines is 2. The lowest BCUT2D eigenvalue weighted by molar-refractivity contribution is -0.136. The highest BCUT2D eigenvalue weighted by atomic mass is 19.1. The Balaban J connectivity index is 0.669. The third kappa shape index (κ3) is 7.60. The maximum atomic E-state index is 14.8. The predicted octanol–water partition coefficient (Wildman–Crippen LogP) is 5.73. The minimum absolute atomic E-state index is 0.105. The summed E-state index contributed by atoms with van der Waals surface area (Å²) < 4.78 is 20.8. The number of nitrogens with zero attached hydrogens (tertiary/aromatic N) is 7. The third-order valence-electron chi connectivity index (χ3n) is 14.1. The van der Waals surface area contributed by atoms with E-state index in [1.807, 2.05) is 19.1 Å². The fourth-order valence-electron chi connectivity index (χ4n) is 10.2. The highest BCUT2D eigenvalue weighted by Crippen LogP contribution is 2.42. The summed E-state index contributed by atoms with van der Waals surface area (Å²) in [6, 6.07) is 9.66. The van der Waals surface area contributed by atoms with Gasteiger partial charge in [-0.25, -0.2) is 14.4 Å². The molecule has 4 amide bonds. The van der Waals surface area contributed by atoms with Gasteiger partial charge in [-0.3, -0.25) is 34.5 Å². The molecule has 2 N–H and O–H groups in total. The maximum absolute atomic E-state index is 14.8. The van der Waals surface area contributed by atoms with Crippen LogP contribution in [0.15, 0.2) is 42.7 Å². The van der Waals surface area contributed by atoms with Gasteiger partial charge in [0.2, 0.25) is 11.8 Å². The van der Waals surface area contributed by atoms with Crippen molar-refractivity contribution in [3.63, 3.8) is 0 Å². The van der Waals surface area contributed by atoms with E-state index < -0.39 is 29.6 Å². The quantitative estimate of drug-likeness (QED) is 0.189. The van der Waals surface area contributed by atoms with Gasteiger partial charge >= 0.3 is 0 Å². The average Bonchev–Trinajstić information content (AvgIpc) is 3.76. The Morgan fingerprint density at radius 2 is 1.50 bits per heavy atom. The number of ether oxygens (including phenoxy) is 1. The number of fused-ring (bicyclic) bond motifs is 2. The molecule has 4 aromatic rings. The van der Waals surface area contributed by atoms with E-state index >= 15 is 0 Å². The van der Waals surface area contributed by atoms with E-state index in [1.54, 1.807) is 24.5 Å². The van der Waals surface area contributed by atoms with Crippen LogP contribution in [0.25, 0.3) is 22.3 Å². The Morgan fingerprint density at radius 1 is 0.800 bits per heavy atom. The van der Waals surface area contributed by atoms with Crippen molar-refractivity contribution in [2.75, 3.05) is 55.6 Å². The predicted molar refractivity (Wildman–Crippen MR) is 222 cm³/mol. The molecule has 2 aromatic heterocycles. The largest absolute Gasteiger partial charge is 0.484 e. The topological polar surface area (TPSA) is 157 Å². The first-order chi connectivity index (χ1) is 29.1. The second-order valence-corrected chi connectivity index (χ2v) is 18.2. The smallest absolute Gasteiger partial charge is 0.262 e. The molecule has 1 saturated carbocycles. The lowest BCUT2D eigenvalue weighted by Gasteiger charge is -2.39. The second kappa shape index (κ2) is 15.5. The number of nitrogens with one attached hydrogen (secondary N) is 2. The molecule has 5 fully saturated rings. The first-order valence-electron chi connectivity index (χ1n) is 21.8. The van der Waals surface area contributed by atoms with E-state index in [-0.39, 0.29) is 30.1 Å². The summed E-state index contributed by atoms with van der Waals surface area (Å²) in [6.45, 7) is 9.14. The van der Waals surface area contributed by atoms with Crippen LogP contribution < -0.4 is 19.9 Å². The van der Waals surface area contributed by atoms with E-state index in [4.69, 9.17) is 4.74 Å². The number of carbonyl (C=O) groups excluding carboxylic acids is 4. The number of hydrogen-bond acceptors (Lipinski definition) is 11. The van der Waals surface area contributed by atoms with Gasteiger partial charge < -0.3 is 19.4 Å². The third-order valence-corrected chi connectivity index (χ3v) is 14.1. The van der Waals surface area contributed by atoms with Gasteiger partial charge in [0.25, 0.3) is 11.8 Å². The van der Waals surface area contributed by atoms with Crippen LogP contribution in [0, 0.1) is 23.6 Å². The van der Waals surface area contributed by atoms with Crippen LogP contribution in [0.5, 0.6) is 5.75 Å². The standard InChI is InChI=1S/C45H52FN9O5/c1-45(12-13-45)60-38-22-33-35(23-34(38)46)50-51-41(33)36-24-39(48-26-47-36)54-18-8-28(9-19-54)20-27-6-14-52(15-7-27)25-29-10-16-53(17-11-29)30-2-3-31-32(21-30)44(59)55(43(31)58)37-4-5-40(56)49-42(37)57/h2-3,21-24,26-29,37H,4-20,25H2,1H3,(H,50,51)(H,49,56,57). The van der Waals surface area contributed by atoms with Gasteiger partial charge in [0.1, 0.15) is 29.5 Å². The summed E-state index contributed by atoms with van der Waals surface area (Å²) in [5.74, 6) is 0.961. The molecule has 0 radical (unpaired) electrons. The number of halogens is 1. The molecule has 60 heavy (non-hydrogen) atoms. The fourth-order valence-corrected chi connectivity index (χ4v) is 10.2. The van der Waals surface area contributed by atoms with Crippen molar-refractivity contribution in [1.29, 1.82) is 0 Å². The lowest BCUT2D eigenvalue weighted by Crippen LogP contribution is -2.54. The van der Waals surface area contributed by atoms with E-state index in [9.17, 15) is 23.6 Å². The van der Waals surface area contributed by atoms with Gasteiger partial charge in [-0.2, -0.15) is 5.10 Å². The van der Waals surface area contributed by atoms with Crippen molar-refractivity contribution < 1.29 is 28.3 Å². The molecular weight excluding hydrogens is 766 g/mol. The summed E-state index contributed by atoms with van der Waals surface area (Å²) >= 11 is 0. The van der Waals surface area contributed by atoms with Crippen LogP contribution in [0.3, 0.4) is 0 Å². The molecule has 15 heteroatoms. The van der Waals surface area contributed by atoms with Gasteiger partial charge in [0.05, 0.1) is 22.3 Å². The molecule has 10 rings (SSSR count). The second-order valence-electron chi connectivity index (χ2n) is 18.2. The van der Waals surface area contributed by atoms with Gasteiger partial charge in [0.15, 0.2) is 11.6 Å². The van der Waals surface area contributed by atoms with E-state index in [0.29, 0.717) is 39.9 Å². The normalized spacial score (nSPS) is 23.1. The Labute approximate surface area is 348 Å². The number of rotatable bonds is 10. The van der Waals surface area contributed by atoms with Crippen LogP contribution >= 0.6 is 0 Å². The zero-order chi connectivity index (χ0) is 41.1. The number of likely N-dealkylation sites (tertiary alicyclic amines) is 1. The van der Waals surface area contributed by atoms with Crippen LogP contribution in [-0.4, -0.2) is 111 Å². The van der Waals surface area contributed by atoms with E-state index in [1.165, 1.54) is 25.3 Å². The summed E-state index contributed by atoms with van der Waals surface area (Å²) in [4.78, 5) is 68.1. The minimum atomic E-state index is -0.957. The zero-order valence-corrected chi connectivity index (χ0v) is 34.1. The fraction of sp³-hybridized carbons (Fsp3) is 0.533. The molecule has 6 aliphatic rings. The minimum Gasteiger partial charge on any atom is -0.484 e. The van der Waals surface area contributed by atoms with Crippen molar-refractivity contribution in [3.05, 3.63) is 59.7 Å². The average molecular weight is 818 g/mol. The van der Waals surface area contributed by atoms with Crippen molar-refractivity contribution in [3.8, 4) is 17.1 Å². The van der Waals surface area contributed by atoms with Gasteiger partial charge in [-0.15, -0.1) is 0 Å². The van der Waals surface area contributed by atoms with Gasteiger partial charge in [0, 0.05) is 62.4 Å². The van der Waals surface area contributed by atoms with E-state index in [0.717, 1.165) is 112 Å². The Hall–Kier alpha value is -5.44. The summed E-state index contributed by atoms with van der Waals surface area (Å²) in [5.41, 5.74) is 3.28. The molecule has 1 atom stereocenters. The summed E-state index contributed by atoms with van der Waals surface area (Å²) in [5, 5.41) is 10.5. The molecule has 7 heterocycles. The maximum Gasteiger partial charge on any atom is 0.262 e. The van der Waals surface area contributed by atoms with Gasteiger partial charge in [-0.05, 0) is 126 Å². The molecule has 314 valence electrons. The lowest BCUT2D eigenvalue weighted by atomic mass is 9.82. The van der Waals surface area contributed by atoms with Crippen molar-refractivity contribution >= 4 is 46.0 Å². The van der Waals surface area contributed by atoms with Crippen LogP contribution in [-0.2, 0) is 9.59 Å². The van der Waals surface area contributed by atoms with Crippen LogP contribution in [0.2, 0.25) is 0 Å². The molecule has 14 nitrogen and oxygen atoms in total. The SMILES string of the molecule is CC1(Oc2cc3c(-c4cc(N5CCC(CC6CCN(CC7CCN(c8ccc9c(c8)C(=O)N(C8CCC(=O)NC8=O)C9=O)CC7)CC6)CC5)ncn4)n[nH]c3cc2F)CC1. The van der Waals surface area contributed by atoms with Crippen molar-refractivity contribution in [1.82, 2.24) is 35.3 Å². The summed E-state index contributed by atoms with van der Waals surface area (Å²) in [6.07, 6.45) is 11.9. The number of H-pyrrole nitrogens is 1. The molecule has 0 spiro atoms. The number of imide groups is 2. The molecule has 1 aliphatic carbocycles. The zero-order valence-electron chi connectivity index (χ0n) is 34.1. The highest BCUT2D eigenvalue weighted by Gasteiger charge is 2.45. The number of hydrogen-bond donors (Lipinski definition) is 2. The Bertz CT molecular complexity index is 2340. The van der Waals surface area contributed by atoms with E-state index in [2.05, 4.69) is 40.2 Å². The molecule has 1 unspecified atom stereocenters. The van der Waals surface area contributed by atoms with Crippen molar-refractivity contribution in [2.24, 2.45) is 17.8 Å². The summed E-state index contributed by atoms with van der Waals surface area (Å²) in [7, 11) is 0. The molecule has 0 bridgehead atoms. The number of aromatic nitrogens is 4. The Morgan fingerprint density at radius 3 is 2.23 bits per heavy atom. The highest BCUT2D eigenvalue weighted by molar-refractivity contribution is 6.23. The Kier molecular flexibility index (Phi) is 10.0. The van der Waals surface area contributed by atoms with Crippen LogP contribution in [0.4, 0.5) is 15.9 Å². The van der Waals surface area contributed by atoms with Crippen molar-refractivity contribution in [2.45, 2.75) is 89.2 Å². The molecule has 2 aromatic carbocycles. The molecular formula is C45H52FN9O5.